The monoisotopic (exact) mass is 251 g/mol. The van der Waals surface area contributed by atoms with Gasteiger partial charge in [0.25, 0.3) is 0 Å². The molecular weight excluding hydrogens is 230 g/mol. The second kappa shape index (κ2) is 7.71. The number of aliphatic hydroxyl groups is 1. The van der Waals surface area contributed by atoms with E-state index in [1.54, 1.807) is 6.92 Å². The van der Waals surface area contributed by atoms with Crippen LogP contribution in [0.2, 0.25) is 0 Å². The first kappa shape index (κ1) is 14.5. The third kappa shape index (κ3) is 5.68. The number of carbonyl (C=O) groups is 1. The Morgan fingerprint density at radius 2 is 2.17 bits per heavy atom. The lowest BCUT2D eigenvalue weighted by Crippen LogP contribution is -2.27. The highest BCUT2D eigenvalue weighted by molar-refractivity contribution is 5.75. The maximum atomic E-state index is 11.4. The number of para-hydroxylation sites is 1. The Hall–Kier alpha value is -1.55. The average Bonchev–Trinajstić information content (AvgIpc) is 2.31. The summed E-state index contributed by atoms with van der Waals surface area (Å²) in [6.07, 6.45) is 0.520. The molecular formula is C14H21NO3. The van der Waals surface area contributed by atoms with Crippen LogP contribution in [0, 0.1) is 6.92 Å². The molecule has 1 rings (SSSR count). The lowest BCUT2D eigenvalue weighted by Gasteiger charge is -2.09. The lowest BCUT2D eigenvalue weighted by molar-refractivity contribution is -0.121. The van der Waals surface area contributed by atoms with Gasteiger partial charge in [-0.1, -0.05) is 18.2 Å². The Kier molecular flexibility index (Phi) is 6.22. The number of carbonyl (C=O) groups excluding carboxylic acids is 1. The molecule has 1 aromatic carbocycles. The topological polar surface area (TPSA) is 58.6 Å². The van der Waals surface area contributed by atoms with Crippen molar-refractivity contribution in [3.8, 4) is 5.75 Å². The number of hydrogen-bond donors (Lipinski definition) is 2. The molecule has 0 aliphatic rings. The molecule has 2 N–H and O–H groups in total. The molecule has 0 saturated carbocycles. The zero-order valence-corrected chi connectivity index (χ0v) is 11.0. The summed E-state index contributed by atoms with van der Waals surface area (Å²) in [5, 5.41) is 11.8. The fraction of sp³-hybridized carbons (Fsp3) is 0.500. The van der Waals surface area contributed by atoms with Gasteiger partial charge in [0.1, 0.15) is 5.75 Å². The molecule has 4 nitrogen and oxygen atoms in total. The molecule has 1 unspecified atom stereocenters. The summed E-state index contributed by atoms with van der Waals surface area (Å²) in [7, 11) is 0. The molecule has 0 aromatic heterocycles. The van der Waals surface area contributed by atoms with E-state index in [1.165, 1.54) is 0 Å². The molecule has 0 fully saturated rings. The fourth-order valence-corrected chi connectivity index (χ4v) is 1.48. The van der Waals surface area contributed by atoms with E-state index >= 15 is 0 Å². The first-order valence-corrected chi connectivity index (χ1v) is 6.23. The highest BCUT2D eigenvalue weighted by atomic mass is 16.5. The summed E-state index contributed by atoms with van der Waals surface area (Å²) in [6, 6.07) is 7.72. The molecule has 0 spiro atoms. The molecule has 0 saturated heterocycles. The maximum absolute atomic E-state index is 11.4. The zero-order valence-electron chi connectivity index (χ0n) is 11.0. The third-order valence-electron chi connectivity index (χ3n) is 2.56. The Bertz CT molecular complexity index is 377. The van der Waals surface area contributed by atoms with Gasteiger partial charge in [0.05, 0.1) is 19.1 Å². The number of ether oxygens (including phenoxy) is 1. The summed E-state index contributed by atoms with van der Waals surface area (Å²) < 4.78 is 5.52. The predicted octanol–water partition coefficient (Wildman–Crippen LogP) is 1.65. The van der Waals surface area contributed by atoms with Crippen molar-refractivity contribution in [1.29, 1.82) is 0 Å². The van der Waals surface area contributed by atoms with Gasteiger partial charge in [0.15, 0.2) is 0 Å². The molecule has 18 heavy (non-hydrogen) atoms. The van der Waals surface area contributed by atoms with Gasteiger partial charge < -0.3 is 15.2 Å². The molecule has 0 heterocycles. The van der Waals surface area contributed by atoms with Crippen LogP contribution in [-0.4, -0.2) is 30.3 Å². The fourth-order valence-electron chi connectivity index (χ4n) is 1.48. The zero-order chi connectivity index (χ0) is 13.4. The van der Waals surface area contributed by atoms with Gasteiger partial charge in [-0.05, 0) is 31.9 Å². The Morgan fingerprint density at radius 3 is 2.83 bits per heavy atom. The number of hydrogen-bond acceptors (Lipinski definition) is 3. The molecule has 0 bridgehead atoms. The number of benzene rings is 1. The van der Waals surface area contributed by atoms with E-state index < -0.39 is 0 Å². The van der Waals surface area contributed by atoms with Crippen LogP contribution in [0.3, 0.4) is 0 Å². The van der Waals surface area contributed by atoms with Crippen molar-refractivity contribution in [3.05, 3.63) is 29.8 Å². The molecule has 0 aliphatic heterocycles. The summed E-state index contributed by atoms with van der Waals surface area (Å²) >= 11 is 0. The first-order chi connectivity index (χ1) is 8.59. The van der Waals surface area contributed by atoms with Crippen molar-refractivity contribution in [2.24, 2.45) is 0 Å². The van der Waals surface area contributed by atoms with E-state index in [2.05, 4.69) is 5.32 Å². The summed E-state index contributed by atoms with van der Waals surface area (Å²) in [5.74, 6) is 0.763. The van der Waals surface area contributed by atoms with Crippen molar-refractivity contribution < 1.29 is 14.6 Å². The lowest BCUT2D eigenvalue weighted by atomic mass is 10.2. The van der Waals surface area contributed by atoms with Gasteiger partial charge in [-0.3, -0.25) is 4.79 Å². The molecule has 100 valence electrons. The largest absolute Gasteiger partial charge is 0.493 e. The highest BCUT2D eigenvalue weighted by Gasteiger charge is 2.03. The SMILES string of the molecule is Cc1ccccc1OCCC(=O)NCCC(C)O. The quantitative estimate of drug-likeness (QED) is 0.774. The predicted molar refractivity (Wildman–Crippen MR) is 70.6 cm³/mol. The van der Waals surface area contributed by atoms with Gasteiger partial charge in [-0.2, -0.15) is 0 Å². The normalized spacial score (nSPS) is 11.9. The number of aryl methyl sites for hydroxylation is 1. The maximum Gasteiger partial charge on any atom is 0.223 e. The molecule has 0 radical (unpaired) electrons. The minimum absolute atomic E-state index is 0.0516. The van der Waals surface area contributed by atoms with Crippen LogP contribution in [0.5, 0.6) is 5.75 Å². The molecule has 0 aliphatic carbocycles. The van der Waals surface area contributed by atoms with Crippen molar-refractivity contribution in [3.63, 3.8) is 0 Å². The number of amides is 1. The minimum atomic E-state index is -0.381. The van der Waals surface area contributed by atoms with E-state index in [0.29, 0.717) is 26.0 Å². The summed E-state index contributed by atoms with van der Waals surface area (Å²) in [5.41, 5.74) is 1.06. The number of aliphatic hydroxyl groups excluding tert-OH is 1. The van der Waals surface area contributed by atoms with Crippen LogP contribution >= 0.6 is 0 Å². The standard InChI is InChI=1S/C14H21NO3/c1-11-5-3-4-6-13(11)18-10-8-14(17)15-9-7-12(2)16/h3-6,12,16H,7-10H2,1-2H3,(H,15,17). The van der Waals surface area contributed by atoms with Crippen molar-refractivity contribution in [2.45, 2.75) is 32.8 Å². The summed E-state index contributed by atoms with van der Waals surface area (Å²) in [6.45, 7) is 4.54. The van der Waals surface area contributed by atoms with Gasteiger partial charge in [-0.25, -0.2) is 0 Å². The molecule has 1 amide bonds. The van der Waals surface area contributed by atoms with Crippen LogP contribution in [0.25, 0.3) is 0 Å². The molecule has 1 atom stereocenters. The van der Waals surface area contributed by atoms with Crippen LogP contribution in [0.15, 0.2) is 24.3 Å². The minimum Gasteiger partial charge on any atom is -0.493 e. The Balaban J connectivity index is 2.18. The van der Waals surface area contributed by atoms with Crippen molar-refractivity contribution >= 4 is 5.91 Å². The number of rotatable bonds is 7. The highest BCUT2D eigenvalue weighted by Crippen LogP contribution is 2.15. The van der Waals surface area contributed by atoms with E-state index in [9.17, 15) is 4.79 Å². The van der Waals surface area contributed by atoms with Gasteiger partial charge in [-0.15, -0.1) is 0 Å². The van der Waals surface area contributed by atoms with Crippen LogP contribution < -0.4 is 10.1 Å². The van der Waals surface area contributed by atoms with E-state index in [4.69, 9.17) is 9.84 Å². The van der Waals surface area contributed by atoms with Gasteiger partial charge in [0.2, 0.25) is 5.91 Å². The first-order valence-electron chi connectivity index (χ1n) is 6.23. The second-order valence-electron chi connectivity index (χ2n) is 4.35. The second-order valence-corrected chi connectivity index (χ2v) is 4.35. The van der Waals surface area contributed by atoms with Crippen LogP contribution in [-0.2, 0) is 4.79 Å². The summed E-state index contributed by atoms with van der Waals surface area (Å²) in [4.78, 5) is 11.4. The van der Waals surface area contributed by atoms with Crippen molar-refractivity contribution in [1.82, 2.24) is 5.32 Å². The van der Waals surface area contributed by atoms with Gasteiger partial charge in [0, 0.05) is 6.54 Å². The molecule has 4 heteroatoms. The van der Waals surface area contributed by atoms with Gasteiger partial charge >= 0.3 is 0 Å². The Labute approximate surface area is 108 Å². The van der Waals surface area contributed by atoms with E-state index in [1.807, 2.05) is 31.2 Å². The van der Waals surface area contributed by atoms with E-state index in [-0.39, 0.29) is 12.0 Å². The smallest absolute Gasteiger partial charge is 0.223 e. The van der Waals surface area contributed by atoms with Crippen LogP contribution in [0.1, 0.15) is 25.3 Å². The molecule has 1 aromatic rings. The van der Waals surface area contributed by atoms with Crippen LogP contribution in [0.4, 0.5) is 0 Å². The Morgan fingerprint density at radius 1 is 1.44 bits per heavy atom. The average molecular weight is 251 g/mol. The van der Waals surface area contributed by atoms with E-state index in [0.717, 1.165) is 11.3 Å². The third-order valence-corrected chi connectivity index (χ3v) is 2.56. The van der Waals surface area contributed by atoms with Crippen molar-refractivity contribution in [2.75, 3.05) is 13.2 Å². The number of nitrogens with one attached hydrogen (secondary N) is 1.